The van der Waals surface area contributed by atoms with Crippen LogP contribution in [0.5, 0.6) is 0 Å². The molecular weight excluding hydrogens is 216 g/mol. The Morgan fingerprint density at radius 3 is 2.88 bits per heavy atom. The van der Waals surface area contributed by atoms with Crippen LogP contribution in [0.3, 0.4) is 0 Å². The maximum Gasteiger partial charge on any atom is 0.253 e. The smallest absolute Gasteiger partial charge is 0.253 e. The topological polar surface area (TPSA) is 83.0 Å². The highest BCUT2D eigenvalue weighted by Crippen LogP contribution is 2.10. The number of carbonyl (C=O) groups excluding carboxylic acids is 1. The molecule has 1 aromatic heterocycles. The van der Waals surface area contributed by atoms with Gasteiger partial charge in [0.2, 0.25) is 0 Å². The van der Waals surface area contributed by atoms with Crippen molar-refractivity contribution in [2.75, 3.05) is 19.3 Å². The van der Waals surface area contributed by atoms with Crippen LogP contribution >= 0.6 is 0 Å². The van der Waals surface area contributed by atoms with E-state index in [4.69, 9.17) is 11.0 Å². The summed E-state index contributed by atoms with van der Waals surface area (Å²) < 4.78 is 0. The van der Waals surface area contributed by atoms with Gasteiger partial charge in [-0.3, -0.25) is 4.79 Å². The molecule has 0 aromatic carbocycles. The van der Waals surface area contributed by atoms with Gasteiger partial charge in [-0.15, -0.1) is 0 Å². The van der Waals surface area contributed by atoms with Crippen LogP contribution in [0, 0.1) is 11.3 Å². The van der Waals surface area contributed by atoms with E-state index in [1.165, 1.54) is 4.90 Å². The highest BCUT2D eigenvalue weighted by molar-refractivity contribution is 5.94. The lowest BCUT2D eigenvalue weighted by molar-refractivity contribution is 0.0798. The van der Waals surface area contributed by atoms with Crippen LogP contribution in [0.15, 0.2) is 12.1 Å². The molecule has 0 spiro atoms. The van der Waals surface area contributed by atoms with E-state index in [9.17, 15) is 4.79 Å². The second-order valence-corrected chi connectivity index (χ2v) is 3.76. The minimum Gasteiger partial charge on any atom is -0.384 e. The summed E-state index contributed by atoms with van der Waals surface area (Å²) in [7, 11) is 1.67. The van der Waals surface area contributed by atoms with Gasteiger partial charge in [0.15, 0.2) is 0 Å². The highest BCUT2D eigenvalue weighted by atomic mass is 16.2. The molecule has 17 heavy (non-hydrogen) atoms. The van der Waals surface area contributed by atoms with E-state index in [2.05, 4.69) is 4.98 Å². The van der Waals surface area contributed by atoms with Crippen molar-refractivity contribution in [1.82, 2.24) is 9.88 Å². The monoisotopic (exact) mass is 232 g/mol. The minimum atomic E-state index is -0.135. The van der Waals surface area contributed by atoms with Gasteiger partial charge in [0.05, 0.1) is 12.5 Å². The predicted molar refractivity (Wildman–Crippen MR) is 65.2 cm³/mol. The summed E-state index contributed by atoms with van der Waals surface area (Å²) in [5.74, 6) is 0.213. The summed E-state index contributed by atoms with van der Waals surface area (Å²) in [4.78, 5) is 17.6. The molecule has 1 rings (SSSR count). The largest absolute Gasteiger partial charge is 0.384 e. The Bertz CT molecular complexity index is 450. The molecule has 0 unspecified atom stereocenters. The summed E-state index contributed by atoms with van der Waals surface area (Å²) >= 11 is 0. The fraction of sp³-hybridized carbons (Fsp3) is 0.417. The predicted octanol–water partition coefficient (Wildman–Crippen LogP) is 1.21. The maximum atomic E-state index is 12.0. The van der Waals surface area contributed by atoms with Crippen LogP contribution in [0.25, 0.3) is 0 Å². The van der Waals surface area contributed by atoms with Crippen LogP contribution in [-0.4, -0.2) is 29.4 Å². The lowest BCUT2D eigenvalue weighted by Gasteiger charge is -2.16. The number of nitriles is 1. The number of nitrogen functional groups attached to an aromatic ring is 1. The molecular formula is C12H16N4O. The highest BCUT2D eigenvalue weighted by Gasteiger charge is 2.12. The summed E-state index contributed by atoms with van der Waals surface area (Å²) in [5, 5.41) is 8.48. The zero-order chi connectivity index (χ0) is 12.8. The van der Waals surface area contributed by atoms with Crippen molar-refractivity contribution >= 4 is 11.7 Å². The first kappa shape index (κ1) is 13.0. The number of aromatic nitrogens is 1. The molecule has 0 bridgehead atoms. The van der Waals surface area contributed by atoms with E-state index in [0.717, 1.165) is 12.1 Å². The van der Waals surface area contributed by atoms with E-state index in [0.29, 0.717) is 24.3 Å². The summed E-state index contributed by atoms with van der Waals surface area (Å²) in [5.41, 5.74) is 6.96. The van der Waals surface area contributed by atoms with E-state index in [1.807, 2.05) is 13.0 Å². The van der Waals surface area contributed by atoms with Crippen LogP contribution in [-0.2, 0) is 6.42 Å². The van der Waals surface area contributed by atoms with Gasteiger partial charge in [0, 0.05) is 24.8 Å². The van der Waals surface area contributed by atoms with Crippen LogP contribution in [0.1, 0.15) is 29.4 Å². The van der Waals surface area contributed by atoms with E-state index >= 15 is 0 Å². The second kappa shape index (κ2) is 5.85. The van der Waals surface area contributed by atoms with Gasteiger partial charge in [0.25, 0.3) is 5.91 Å². The van der Waals surface area contributed by atoms with Crippen molar-refractivity contribution in [3.8, 4) is 6.07 Å². The first-order valence-corrected chi connectivity index (χ1v) is 5.47. The van der Waals surface area contributed by atoms with Crippen molar-refractivity contribution in [3.63, 3.8) is 0 Å². The summed E-state index contributed by atoms with van der Waals surface area (Å²) in [6.45, 7) is 2.37. The number of hydrogen-bond acceptors (Lipinski definition) is 4. The third-order valence-corrected chi connectivity index (χ3v) is 2.41. The normalized spacial score (nSPS) is 9.71. The standard InChI is InChI=1S/C12H16N4O/c1-3-10-7-9(8-11(14)15-10)12(17)16(2)6-4-5-13/h7-8H,3-4,6H2,1-2H3,(H2,14,15). The number of nitrogens with zero attached hydrogens (tertiary/aromatic N) is 3. The molecule has 0 aliphatic heterocycles. The van der Waals surface area contributed by atoms with Gasteiger partial charge >= 0.3 is 0 Å². The Morgan fingerprint density at radius 1 is 1.59 bits per heavy atom. The lowest BCUT2D eigenvalue weighted by Crippen LogP contribution is -2.27. The Morgan fingerprint density at radius 2 is 2.29 bits per heavy atom. The van der Waals surface area contributed by atoms with E-state index in [1.54, 1.807) is 19.2 Å². The zero-order valence-corrected chi connectivity index (χ0v) is 10.1. The molecule has 0 fully saturated rings. The fourth-order valence-electron chi connectivity index (χ4n) is 1.46. The van der Waals surface area contributed by atoms with Gasteiger partial charge < -0.3 is 10.6 Å². The number of hydrogen-bond donors (Lipinski definition) is 1. The molecule has 0 radical (unpaired) electrons. The molecule has 1 heterocycles. The van der Waals surface area contributed by atoms with Crippen molar-refractivity contribution < 1.29 is 4.79 Å². The molecule has 0 saturated heterocycles. The molecule has 1 amide bonds. The third kappa shape index (κ3) is 3.45. The van der Waals surface area contributed by atoms with Crippen molar-refractivity contribution in [2.45, 2.75) is 19.8 Å². The van der Waals surface area contributed by atoms with Gasteiger partial charge in [-0.25, -0.2) is 4.98 Å². The Hall–Kier alpha value is -2.09. The Labute approximate surface area is 101 Å². The quantitative estimate of drug-likeness (QED) is 0.845. The maximum absolute atomic E-state index is 12.0. The first-order valence-electron chi connectivity index (χ1n) is 5.47. The molecule has 0 aliphatic rings. The number of rotatable bonds is 4. The van der Waals surface area contributed by atoms with E-state index < -0.39 is 0 Å². The average Bonchev–Trinajstić information content (AvgIpc) is 2.34. The lowest BCUT2D eigenvalue weighted by atomic mass is 10.1. The molecule has 0 saturated carbocycles. The molecule has 1 aromatic rings. The molecule has 5 heteroatoms. The van der Waals surface area contributed by atoms with Crippen molar-refractivity contribution in [2.24, 2.45) is 0 Å². The van der Waals surface area contributed by atoms with Gasteiger partial charge in [0.1, 0.15) is 5.82 Å². The van der Waals surface area contributed by atoms with Crippen molar-refractivity contribution in [3.05, 3.63) is 23.4 Å². The summed E-state index contributed by atoms with van der Waals surface area (Å²) in [6, 6.07) is 5.31. The molecule has 90 valence electrons. The number of aryl methyl sites for hydroxylation is 1. The van der Waals surface area contributed by atoms with Crippen LogP contribution < -0.4 is 5.73 Å². The molecule has 5 nitrogen and oxygen atoms in total. The molecule has 2 N–H and O–H groups in total. The van der Waals surface area contributed by atoms with Gasteiger partial charge in [-0.1, -0.05) is 6.92 Å². The fourth-order valence-corrected chi connectivity index (χ4v) is 1.46. The summed E-state index contributed by atoms with van der Waals surface area (Å²) in [6.07, 6.45) is 1.05. The Balaban J connectivity index is 2.88. The van der Waals surface area contributed by atoms with Crippen molar-refractivity contribution in [1.29, 1.82) is 5.26 Å². The number of pyridine rings is 1. The number of nitrogens with two attached hydrogens (primary N) is 1. The molecule has 0 aliphatic carbocycles. The van der Waals surface area contributed by atoms with Gasteiger partial charge in [-0.2, -0.15) is 5.26 Å². The number of amides is 1. The SMILES string of the molecule is CCc1cc(C(=O)N(C)CCC#N)cc(N)n1. The average molecular weight is 232 g/mol. The van der Waals surface area contributed by atoms with Crippen LogP contribution in [0.2, 0.25) is 0 Å². The zero-order valence-electron chi connectivity index (χ0n) is 10.1. The second-order valence-electron chi connectivity index (χ2n) is 3.76. The first-order chi connectivity index (χ1) is 8.08. The molecule has 0 atom stereocenters. The van der Waals surface area contributed by atoms with Gasteiger partial charge in [-0.05, 0) is 18.6 Å². The Kier molecular flexibility index (Phi) is 4.46. The third-order valence-electron chi connectivity index (χ3n) is 2.41. The number of carbonyl (C=O) groups is 1. The van der Waals surface area contributed by atoms with Crippen LogP contribution in [0.4, 0.5) is 5.82 Å². The minimum absolute atomic E-state index is 0.135. The number of anilines is 1. The van der Waals surface area contributed by atoms with E-state index in [-0.39, 0.29) is 5.91 Å².